The Balaban J connectivity index is 1.88. The van der Waals surface area contributed by atoms with E-state index in [1.807, 2.05) is 0 Å². The third kappa shape index (κ3) is 2.75. The van der Waals surface area contributed by atoms with E-state index in [2.05, 4.69) is 15.4 Å². The molecule has 0 aromatic carbocycles. The fraction of sp³-hybridized carbons (Fsp3) is 0.583. The third-order valence-corrected chi connectivity index (χ3v) is 3.57. The summed E-state index contributed by atoms with van der Waals surface area (Å²) in [6.07, 6.45) is 0.213. The number of carbonyl (C=O) groups excluding carboxylic acids is 1. The lowest BCUT2D eigenvalue weighted by molar-refractivity contribution is -0.145. The first-order chi connectivity index (χ1) is 11.0. The molecule has 1 aliphatic rings. The number of carbonyl (C=O) groups is 1. The lowest BCUT2D eigenvalue weighted by Gasteiger charge is -2.14. The Labute approximate surface area is 129 Å². The van der Waals surface area contributed by atoms with E-state index in [-0.39, 0.29) is 29.6 Å². The summed E-state index contributed by atoms with van der Waals surface area (Å²) < 4.78 is 12.7. The van der Waals surface area contributed by atoms with Gasteiger partial charge in [-0.25, -0.2) is 4.68 Å². The van der Waals surface area contributed by atoms with Crippen molar-refractivity contribution in [1.29, 1.82) is 0 Å². The average molecular weight is 324 g/mol. The molecule has 11 nitrogen and oxygen atoms in total. The number of hydrogen-bond acceptors (Lipinski definition) is 9. The lowest BCUT2D eigenvalue weighted by Crippen LogP contribution is -2.30. The predicted octanol–water partition coefficient (Wildman–Crippen LogP) is -1.24. The smallest absolute Gasteiger partial charge is 0.302 e. The molecule has 1 saturated heterocycles. The Morgan fingerprint density at radius 1 is 1.52 bits per heavy atom. The first-order valence-corrected chi connectivity index (χ1v) is 7.02. The van der Waals surface area contributed by atoms with Gasteiger partial charge in [-0.15, -0.1) is 5.10 Å². The highest BCUT2D eigenvalue weighted by molar-refractivity contribution is 5.83. The van der Waals surface area contributed by atoms with Crippen molar-refractivity contribution in [2.75, 3.05) is 12.3 Å². The van der Waals surface area contributed by atoms with Gasteiger partial charge in [0.2, 0.25) is 0 Å². The summed E-state index contributed by atoms with van der Waals surface area (Å²) in [5.74, 6) is -0.372. The van der Waals surface area contributed by atoms with Crippen LogP contribution in [0.2, 0.25) is 0 Å². The van der Waals surface area contributed by atoms with Gasteiger partial charge in [0, 0.05) is 6.92 Å². The van der Waals surface area contributed by atoms with Gasteiger partial charge >= 0.3 is 5.97 Å². The van der Waals surface area contributed by atoms with Crippen LogP contribution in [-0.2, 0) is 21.0 Å². The number of rotatable bonds is 4. The quantitative estimate of drug-likeness (QED) is 0.659. The summed E-state index contributed by atoms with van der Waals surface area (Å²) in [5.41, 5.74) is 5.33. The van der Waals surface area contributed by atoms with Crippen molar-refractivity contribution in [2.24, 2.45) is 0 Å². The molecule has 3 rings (SSSR count). The van der Waals surface area contributed by atoms with Gasteiger partial charge in [-0.1, -0.05) is 5.21 Å². The fourth-order valence-corrected chi connectivity index (χ4v) is 2.51. The van der Waals surface area contributed by atoms with Crippen molar-refractivity contribution in [2.45, 2.75) is 38.8 Å². The number of hydrogen-bond donors (Lipinski definition) is 2. The summed E-state index contributed by atoms with van der Waals surface area (Å²) in [7, 11) is 0. The first kappa shape index (κ1) is 15.4. The molecule has 1 aliphatic heterocycles. The second kappa shape index (κ2) is 5.93. The maximum absolute atomic E-state index is 12.5. The molecule has 2 aromatic rings. The summed E-state index contributed by atoms with van der Waals surface area (Å²) in [6, 6.07) is 0. The molecule has 2 unspecified atom stereocenters. The molecule has 1 fully saturated rings. The zero-order valence-electron chi connectivity index (χ0n) is 12.4. The molecule has 0 saturated carbocycles. The zero-order valence-corrected chi connectivity index (χ0v) is 12.4. The number of aromatic nitrogens is 5. The number of anilines is 1. The number of nitrogen functional groups attached to an aromatic ring is 1. The van der Waals surface area contributed by atoms with Crippen molar-refractivity contribution in [3.05, 3.63) is 10.4 Å². The van der Waals surface area contributed by atoms with Gasteiger partial charge in [0.25, 0.3) is 5.56 Å². The van der Waals surface area contributed by atoms with Gasteiger partial charge in [-0.05, 0) is 12.8 Å². The molecule has 2 atom stereocenters. The van der Waals surface area contributed by atoms with Crippen molar-refractivity contribution < 1.29 is 19.4 Å². The van der Waals surface area contributed by atoms with Crippen molar-refractivity contribution in [3.63, 3.8) is 0 Å². The summed E-state index contributed by atoms with van der Waals surface area (Å²) in [5, 5.41) is 20.8. The predicted molar refractivity (Wildman–Crippen MR) is 76.0 cm³/mol. The number of fused-ring (bicyclic) bond motifs is 1. The molecule has 3 N–H and O–H groups in total. The second-order valence-corrected chi connectivity index (χ2v) is 5.16. The molecule has 3 heterocycles. The minimum absolute atomic E-state index is 0.0193. The molecule has 0 aliphatic carbocycles. The molecule has 0 amide bonds. The van der Waals surface area contributed by atoms with Gasteiger partial charge in [0.15, 0.2) is 23.1 Å². The normalized spacial score (nSPS) is 21.0. The van der Waals surface area contributed by atoms with Crippen LogP contribution in [0.4, 0.5) is 5.82 Å². The van der Waals surface area contributed by atoms with Gasteiger partial charge in [-0.2, -0.15) is 9.78 Å². The second-order valence-electron chi connectivity index (χ2n) is 5.16. The van der Waals surface area contributed by atoms with E-state index in [9.17, 15) is 14.7 Å². The number of nitrogens with zero attached hydrogens (tertiary/aromatic N) is 5. The van der Waals surface area contributed by atoms with Crippen molar-refractivity contribution in [1.82, 2.24) is 24.8 Å². The molecule has 124 valence electrons. The van der Waals surface area contributed by atoms with Crippen molar-refractivity contribution in [3.8, 4) is 0 Å². The number of aliphatic hydroxyl groups excluding tert-OH is 1. The van der Waals surface area contributed by atoms with E-state index in [1.165, 1.54) is 6.92 Å². The minimum Gasteiger partial charge on any atom is -0.463 e. The monoisotopic (exact) mass is 324 g/mol. The molecule has 11 heteroatoms. The Hall–Kier alpha value is -2.53. The maximum Gasteiger partial charge on any atom is 0.302 e. The van der Waals surface area contributed by atoms with E-state index in [4.69, 9.17) is 15.2 Å². The van der Waals surface area contributed by atoms with Crippen LogP contribution >= 0.6 is 0 Å². The van der Waals surface area contributed by atoms with Gasteiger partial charge in [0.1, 0.15) is 13.3 Å². The van der Waals surface area contributed by atoms with Gasteiger partial charge in [-0.3, -0.25) is 9.59 Å². The van der Waals surface area contributed by atoms with Crippen LogP contribution in [0.15, 0.2) is 4.79 Å². The van der Waals surface area contributed by atoms with Gasteiger partial charge in [0.05, 0.1) is 6.10 Å². The number of nitrogens with two attached hydrogens (primary N) is 1. The van der Waals surface area contributed by atoms with E-state index in [0.29, 0.717) is 12.8 Å². The summed E-state index contributed by atoms with van der Waals surface area (Å²) in [6.45, 7) is 0.934. The highest BCUT2D eigenvalue weighted by Gasteiger charge is 2.30. The summed E-state index contributed by atoms with van der Waals surface area (Å²) in [4.78, 5) is 23.4. The number of esters is 1. The van der Waals surface area contributed by atoms with Crippen LogP contribution in [0.3, 0.4) is 0 Å². The Morgan fingerprint density at radius 3 is 3.00 bits per heavy atom. The van der Waals surface area contributed by atoms with Crippen LogP contribution in [0.5, 0.6) is 0 Å². The van der Waals surface area contributed by atoms with E-state index in [0.717, 1.165) is 9.36 Å². The SMILES string of the molecule is CC(=O)OCC1CCC(n2nnc3c(N)nn(CO)c3c2=O)O1. The van der Waals surface area contributed by atoms with Crippen LogP contribution in [0.1, 0.15) is 26.0 Å². The molecule has 0 spiro atoms. The molecular formula is C12H16N6O5. The Kier molecular flexibility index (Phi) is 3.96. The van der Waals surface area contributed by atoms with E-state index < -0.39 is 24.5 Å². The number of ether oxygens (including phenoxy) is 2. The van der Waals surface area contributed by atoms with Crippen LogP contribution in [0.25, 0.3) is 11.0 Å². The highest BCUT2D eigenvalue weighted by Crippen LogP contribution is 2.27. The average Bonchev–Trinajstić information content (AvgIpc) is 3.11. The molecule has 2 aromatic heterocycles. The van der Waals surface area contributed by atoms with E-state index in [1.54, 1.807) is 0 Å². The lowest BCUT2D eigenvalue weighted by atomic mass is 10.2. The Bertz CT molecular complexity index is 799. The topological polar surface area (TPSA) is 147 Å². The molecule has 0 bridgehead atoms. The van der Waals surface area contributed by atoms with Gasteiger partial charge < -0.3 is 20.3 Å². The summed E-state index contributed by atoms with van der Waals surface area (Å²) >= 11 is 0. The largest absolute Gasteiger partial charge is 0.463 e. The first-order valence-electron chi connectivity index (χ1n) is 7.02. The maximum atomic E-state index is 12.5. The molecular weight excluding hydrogens is 308 g/mol. The number of aliphatic hydroxyl groups is 1. The zero-order chi connectivity index (χ0) is 16.6. The molecule has 0 radical (unpaired) electrons. The van der Waals surface area contributed by atoms with Crippen LogP contribution < -0.4 is 11.3 Å². The van der Waals surface area contributed by atoms with Crippen LogP contribution in [0, 0.1) is 0 Å². The highest BCUT2D eigenvalue weighted by atomic mass is 16.6. The fourth-order valence-electron chi connectivity index (χ4n) is 2.51. The van der Waals surface area contributed by atoms with E-state index >= 15 is 0 Å². The Morgan fingerprint density at radius 2 is 2.30 bits per heavy atom. The molecule has 23 heavy (non-hydrogen) atoms. The van der Waals surface area contributed by atoms with Crippen molar-refractivity contribution >= 4 is 22.8 Å². The van der Waals surface area contributed by atoms with Crippen LogP contribution in [-0.4, -0.2) is 48.6 Å². The third-order valence-electron chi connectivity index (χ3n) is 3.57. The minimum atomic E-state index is -0.622. The standard InChI is InChI=1S/C12H16N6O5/c1-6(20)22-4-7-2-3-8(23-7)18-12(21)10-9(14-16-18)11(13)15-17(10)5-19/h7-8,19H,2-5H2,1H3,(H2,13,15).